The summed E-state index contributed by atoms with van der Waals surface area (Å²) in [4.78, 5) is 10.9. The highest BCUT2D eigenvalue weighted by Crippen LogP contribution is 2.36. The number of rotatable bonds is 4. The van der Waals surface area contributed by atoms with Gasteiger partial charge < -0.3 is 5.11 Å². The van der Waals surface area contributed by atoms with Crippen molar-refractivity contribution in [3.8, 4) is 0 Å². The monoisotopic (exact) mass is 246 g/mol. The van der Waals surface area contributed by atoms with E-state index in [2.05, 4.69) is 24.3 Å². The third-order valence-electron chi connectivity index (χ3n) is 4.09. The zero-order valence-corrected chi connectivity index (χ0v) is 11.3. The molecule has 2 nitrogen and oxygen atoms in total. The van der Waals surface area contributed by atoms with E-state index in [4.69, 9.17) is 5.11 Å². The summed E-state index contributed by atoms with van der Waals surface area (Å²) in [7, 11) is 0. The van der Waals surface area contributed by atoms with E-state index < -0.39 is 5.97 Å². The van der Waals surface area contributed by atoms with Crippen molar-refractivity contribution >= 4 is 5.97 Å². The Balaban J connectivity index is 2.23. The third-order valence-corrected chi connectivity index (χ3v) is 4.09. The van der Waals surface area contributed by atoms with E-state index in [-0.39, 0.29) is 11.8 Å². The molecule has 1 saturated carbocycles. The van der Waals surface area contributed by atoms with Gasteiger partial charge in [-0.05, 0) is 29.9 Å². The molecule has 0 aliphatic heterocycles. The van der Waals surface area contributed by atoms with Gasteiger partial charge in [0.1, 0.15) is 0 Å². The summed E-state index contributed by atoms with van der Waals surface area (Å²) in [5, 5.41) is 8.99. The van der Waals surface area contributed by atoms with Gasteiger partial charge in [-0.3, -0.25) is 4.79 Å². The van der Waals surface area contributed by atoms with Gasteiger partial charge in [0, 0.05) is 5.41 Å². The Hall–Kier alpha value is -1.31. The van der Waals surface area contributed by atoms with Gasteiger partial charge >= 0.3 is 5.97 Å². The third kappa shape index (κ3) is 2.92. The first-order chi connectivity index (χ1) is 8.49. The second-order valence-electron chi connectivity index (χ2n) is 6.06. The van der Waals surface area contributed by atoms with Gasteiger partial charge in [-0.2, -0.15) is 0 Å². The molecule has 98 valence electrons. The average Bonchev–Trinajstić information content (AvgIpc) is 2.81. The Morgan fingerprint density at radius 3 is 2.61 bits per heavy atom. The van der Waals surface area contributed by atoms with Gasteiger partial charge in [-0.25, -0.2) is 0 Å². The first kappa shape index (κ1) is 13.1. The summed E-state index contributed by atoms with van der Waals surface area (Å²) in [6.07, 6.45) is 5.40. The van der Waals surface area contributed by atoms with Crippen LogP contribution >= 0.6 is 0 Å². The molecule has 1 aromatic carbocycles. The standard InChI is InChI=1S/C16H22O2/c1-16(2,11-15(17)18)14-9-5-8-13(10-14)12-6-3-4-7-12/h5,8-10,12H,3-4,6-7,11H2,1-2H3,(H,17,18). The first-order valence-electron chi connectivity index (χ1n) is 6.81. The molecule has 18 heavy (non-hydrogen) atoms. The van der Waals surface area contributed by atoms with Gasteiger partial charge in [0.2, 0.25) is 0 Å². The minimum Gasteiger partial charge on any atom is -0.481 e. The predicted molar refractivity (Wildman–Crippen MR) is 72.9 cm³/mol. The molecule has 2 rings (SSSR count). The van der Waals surface area contributed by atoms with Crippen LogP contribution in [0.25, 0.3) is 0 Å². The number of hydrogen-bond acceptors (Lipinski definition) is 1. The Bertz CT molecular complexity index is 428. The van der Waals surface area contributed by atoms with Crippen molar-refractivity contribution in [2.24, 2.45) is 0 Å². The lowest BCUT2D eigenvalue weighted by atomic mass is 9.80. The van der Waals surface area contributed by atoms with Crippen LogP contribution in [0.15, 0.2) is 24.3 Å². The summed E-state index contributed by atoms with van der Waals surface area (Å²) in [6.45, 7) is 4.02. The van der Waals surface area contributed by atoms with Gasteiger partial charge in [0.05, 0.1) is 6.42 Å². The fourth-order valence-electron chi connectivity index (χ4n) is 2.95. The van der Waals surface area contributed by atoms with Crippen LogP contribution in [0.5, 0.6) is 0 Å². The number of aliphatic carboxylic acids is 1. The second kappa shape index (κ2) is 5.13. The maximum absolute atomic E-state index is 10.9. The van der Waals surface area contributed by atoms with Crippen LogP contribution in [0.4, 0.5) is 0 Å². The maximum Gasteiger partial charge on any atom is 0.304 e. The highest BCUT2D eigenvalue weighted by Gasteiger charge is 2.25. The van der Waals surface area contributed by atoms with Crippen molar-refractivity contribution in [3.05, 3.63) is 35.4 Å². The lowest BCUT2D eigenvalue weighted by Gasteiger charge is -2.24. The van der Waals surface area contributed by atoms with Crippen LogP contribution in [0, 0.1) is 0 Å². The van der Waals surface area contributed by atoms with Crippen LogP contribution in [-0.2, 0) is 10.2 Å². The van der Waals surface area contributed by atoms with Gasteiger partial charge in [-0.1, -0.05) is 51.0 Å². The van der Waals surface area contributed by atoms with Crippen LogP contribution < -0.4 is 0 Å². The molecule has 0 atom stereocenters. The van der Waals surface area contributed by atoms with Crippen molar-refractivity contribution in [2.75, 3.05) is 0 Å². The van der Waals surface area contributed by atoms with Gasteiger partial charge in [0.25, 0.3) is 0 Å². The molecule has 2 heteroatoms. The Morgan fingerprint density at radius 1 is 1.33 bits per heavy atom. The highest BCUT2D eigenvalue weighted by atomic mass is 16.4. The molecule has 0 heterocycles. The van der Waals surface area contributed by atoms with E-state index in [1.807, 2.05) is 13.8 Å². The van der Waals surface area contributed by atoms with Crippen molar-refractivity contribution in [1.29, 1.82) is 0 Å². The fraction of sp³-hybridized carbons (Fsp3) is 0.562. The quantitative estimate of drug-likeness (QED) is 0.868. The normalized spacial score (nSPS) is 17.0. The van der Waals surface area contributed by atoms with E-state index in [1.54, 1.807) is 0 Å². The molecule has 0 spiro atoms. The number of carboxylic acid groups (broad SMARTS) is 1. The average molecular weight is 246 g/mol. The van der Waals surface area contributed by atoms with Gasteiger partial charge in [-0.15, -0.1) is 0 Å². The Kier molecular flexibility index (Phi) is 3.74. The molecule has 0 amide bonds. The lowest BCUT2D eigenvalue weighted by Crippen LogP contribution is -2.21. The minimum atomic E-state index is -0.730. The van der Waals surface area contributed by atoms with Gasteiger partial charge in [0.15, 0.2) is 0 Å². The molecular formula is C16H22O2. The summed E-state index contributed by atoms with van der Waals surface area (Å²) < 4.78 is 0. The lowest BCUT2D eigenvalue weighted by molar-refractivity contribution is -0.138. The topological polar surface area (TPSA) is 37.3 Å². The Morgan fingerprint density at radius 2 is 2.00 bits per heavy atom. The van der Waals surface area contributed by atoms with Crippen molar-refractivity contribution in [2.45, 2.75) is 57.3 Å². The summed E-state index contributed by atoms with van der Waals surface area (Å²) in [5.74, 6) is -0.0446. The molecule has 1 aromatic rings. The number of hydrogen-bond donors (Lipinski definition) is 1. The van der Waals surface area contributed by atoms with Crippen LogP contribution in [0.1, 0.15) is 63.0 Å². The summed E-state index contributed by atoms with van der Waals surface area (Å²) in [6, 6.07) is 8.54. The smallest absolute Gasteiger partial charge is 0.304 e. The highest BCUT2D eigenvalue weighted by molar-refractivity contribution is 5.68. The van der Waals surface area contributed by atoms with Crippen LogP contribution in [0.3, 0.4) is 0 Å². The first-order valence-corrected chi connectivity index (χ1v) is 6.81. The predicted octanol–water partition coefficient (Wildman–Crippen LogP) is 4.10. The summed E-state index contributed by atoms with van der Waals surface area (Å²) in [5.41, 5.74) is 2.25. The largest absolute Gasteiger partial charge is 0.481 e. The van der Waals surface area contributed by atoms with Crippen LogP contribution in [0.2, 0.25) is 0 Å². The Labute approximate surface area is 109 Å². The molecule has 1 N–H and O–H groups in total. The van der Waals surface area contributed by atoms with Crippen molar-refractivity contribution in [1.82, 2.24) is 0 Å². The SMILES string of the molecule is CC(C)(CC(=O)O)c1cccc(C2CCCC2)c1. The van der Waals surface area contributed by atoms with E-state index in [9.17, 15) is 4.79 Å². The maximum atomic E-state index is 10.9. The molecular weight excluding hydrogens is 224 g/mol. The summed E-state index contributed by atoms with van der Waals surface area (Å²) >= 11 is 0. The van der Waals surface area contributed by atoms with E-state index in [0.29, 0.717) is 5.92 Å². The van der Waals surface area contributed by atoms with Crippen molar-refractivity contribution < 1.29 is 9.90 Å². The second-order valence-corrected chi connectivity index (χ2v) is 6.06. The molecule has 0 saturated heterocycles. The minimum absolute atomic E-state index is 0.182. The molecule has 1 fully saturated rings. The van der Waals surface area contributed by atoms with E-state index in [0.717, 1.165) is 5.56 Å². The number of carboxylic acids is 1. The zero-order chi connectivity index (χ0) is 13.2. The van der Waals surface area contributed by atoms with E-state index in [1.165, 1.54) is 31.2 Å². The molecule has 0 unspecified atom stereocenters. The number of carbonyl (C=O) groups is 1. The van der Waals surface area contributed by atoms with E-state index >= 15 is 0 Å². The van der Waals surface area contributed by atoms with Crippen LogP contribution in [-0.4, -0.2) is 11.1 Å². The molecule has 1 aliphatic carbocycles. The molecule has 0 aromatic heterocycles. The molecule has 1 aliphatic rings. The molecule has 0 bridgehead atoms. The molecule has 0 radical (unpaired) electrons. The zero-order valence-electron chi connectivity index (χ0n) is 11.3. The van der Waals surface area contributed by atoms with Crippen molar-refractivity contribution in [3.63, 3.8) is 0 Å². The number of benzene rings is 1. The fourth-order valence-corrected chi connectivity index (χ4v) is 2.95.